The minimum Gasteiger partial charge on any atom is -0.371 e. The average Bonchev–Trinajstić information content (AvgIpc) is 3.46. The van der Waals surface area contributed by atoms with Crippen molar-refractivity contribution < 1.29 is 14.5 Å². The standard InChI is InChI=1S/C19H19BrN4O4/c1-11-8-14(5-6-15(11)20)22-18(25)10-21-16-7-2-12(9-17(16)24(27)28)19(26)23-13-3-4-13/h2,5-9,13,21H,3-4,10H2,1H3,(H,22,25)(H,23,26). The van der Waals surface area contributed by atoms with E-state index in [-0.39, 0.29) is 41.3 Å². The van der Waals surface area contributed by atoms with Gasteiger partial charge in [0.15, 0.2) is 0 Å². The molecule has 3 rings (SSSR count). The van der Waals surface area contributed by atoms with Crippen LogP contribution in [0.25, 0.3) is 0 Å². The topological polar surface area (TPSA) is 113 Å². The highest BCUT2D eigenvalue weighted by Crippen LogP contribution is 2.26. The van der Waals surface area contributed by atoms with Crippen molar-refractivity contribution in [2.24, 2.45) is 0 Å². The first kappa shape index (κ1) is 19.8. The number of nitro benzene ring substituents is 1. The second kappa shape index (κ2) is 8.39. The minimum absolute atomic E-state index is 0.149. The van der Waals surface area contributed by atoms with Crippen LogP contribution >= 0.6 is 15.9 Å². The van der Waals surface area contributed by atoms with E-state index in [2.05, 4.69) is 31.9 Å². The molecule has 2 aromatic rings. The highest BCUT2D eigenvalue weighted by Gasteiger charge is 2.25. The zero-order valence-corrected chi connectivity index (χ0v) is 16.7. The summed E-state index contributed by atoms with van der Waals surface area (Å²) in [5.74, 6) is -0.674. The fourth-order valence-electron chi connectivity index (χ4n) is 2.57. The van der Waals surface area contributed by atoms with Gasteiger partial charge in [-0.3, -0.25) is 19.7 Å². The van der Waals surface area contributed by atoms with Crippen molar-refractivity contribution in [2.75, 3.05) is 17.2 Å². The average molecular weight is 447 g/mol. The molecule has 0 saturated heterocycles. The van der Waals surface area contributed by atoms with E-state index in [4.69, 9.17) is 0 Å². The van der Waals surface area contributed by atoms with E-state index in [0.29, 0.717) is 5.69 Å². The lowest BCUT2D eigenvalue weighted by Gasteiger charge is -2.10. The van der Waals surface area contributed by atoms with Gasteiger partial charge in [-0.05, 0) is 55.7 Å². The fraction of sp³-hybridized carbons (Fsp3) is 0.263. The smallest absolute Gasteiger partial charge is 0.293 e. The number of nitrogens with zero attached hydrogens (tertiary/aromatic N) is 1. The van der Waals surface area contributed by atoms with E-state index in [9.17, 15) is 19.7 Å². The molecule has 0 bridgehead atoms. The van der Waals surface area contributed by atoms with Crippen molar-refractivity contribution in [2.45, 2.75) is 25.8 Å². The van der Waals surface area contributed by atoms with Crippen LogP contribution < -0.4 is 16.0 Å². The number of nitro groups is 1. The maximum atomic E-state index is 12.1. The lowest BCUT2D eigenvalue weighted by Crippen LogP contribution is -2.25. The summed E-state index contributed by atoms with van der Waals surface area (Å²) in [6.45, 7) is 1.76. The van der Waals surface area contributed by atoms with E-state index < -0.39 is 4.92 Å². The lowest BCUT2D eigenvalue weighted by atomic mass is 10.1. The molecule has 8 nitrogen and oxygen atoms in total. The first-order chi connectivity index (χ1) is 13.3. The Kier molecular flexibility index (Phi) is 5.93. The molecule has 0 spiro atoms. The molecule has 3 N–H and O–H groups in total. The number of nitrogens with one attached hydrogen (secondary N) is 3. The monoisotopic (exact) mass is 446 g/mol. The minimum atomic E-state index is -0.577. The molecule has 1 aliphatic carbocycles. The Morgan fingerprint density at radius 3 is 2.61 bits per heavy atom. The zero-order chi connectivity index (χ0) is 20.3. The number of carbonyl (C=O) groups is 2. The number of hydrogen-bond donors (Lipinski definition) is 3. The second-order valence-corrected chi connectivity index (χ2v) is 7.46. The van der Waals surface area contributed by atoms with Crippen molar-refractivity contribution in [3.8, 4) is 0 Å². The summed E-state index contributed by atoms with van der Waals surface area (Å²) < 4.78 is 0.935. The summed E-state index contributed by atoms with van der Waals surface area (Å²) in [6.07, 6.45) is 1.86. The van der Waals surface area contributed by atoms with Gasteiger partial charge in [-0.15, -0.1) is 0 Å². The number of rotatable bonds is 7. The number of anilines is 2. The van der Waals surface area contributed by atoms with Crippen molar-refractivity contribution in [1.29, 1.82) is 0 Å². The number of carbonyl (C=O) groups excluding carboxylic acids is 2. The van der Waals surface area contributed by atoms with Crippen molar-refractivity contribution in [3.63, 3.8) is 0 Å². The highest BCUT2D eigenvalue weighted by atomic mass is 79.9. The van der Waals surface area contributed by atoms with Gasteiger partial charge < -0.3 is 16.0 Å². The molecule has 0 aromatic heterocycles. The summed E-state index contributed by atoms with van der Waals surface area (Å²) in [5, 5.41) is 19.7. The summed E-state index contributed by atoms with van der Waals surface area (Å²) in [5.41, 5.74) is 1.75. The maximum absolute atomic E-state index is 12.1. The lowest BCUT2D eigenvalue weighted by molar-refractivity contribution is -0.384. The largest absolute Gasteiger partial charge is 0.371 e. The number of benzene rings is 2. The third-order valence-corrected chi connectivity index (χ3v) is 5.14. The number of halogens is 1. The van der Waals surface area contributed by atoms with Crippen molar-refractivity contribution in [1.82, 2.24) is 5.32 Å². The molecule has 2 aromatic carbocycles. The van der Waals surface area contributed by atoms with E-state index in [0.717, 1.165) is 22.9 Å². The van der Waals surface area contributed by atoms with E-state index in [1.165, 1.54) is 18.2 Å². The second-order valence-electron chi connectivity index (χ2n) is 6.60. The van der Waals surface area contributed by atoms with E-state index >= 15 is 0 Å². The van der Waals surface area contributed by atoms with Crippen LogP contribution in [0.3, 0.4) is 0 Å². The van der Waals surface area contributed by atoms with Gasteiger partial charge >= 0.3 is 0 Å². The Morgan fingerprint density at radius 2 is 1.96 bits per heavy atom. The molecular formula is C19H19BrN4O4. The molecule has 1 aliphatic rings. The van der Waals surface area contributed by atoms with Crippen LogP contribution in [-0.4, -0.2) is 29.3 Å². The van der Waals surface area contributed by atoms with E-state index in [1.807, 2.05) is 19.1 Å². The molecule has 0 heterocycles. The van der Waals surface area contributed by atoms with Crippen LogP contribution in [0, 0.1) is 17.0 Å². The number of hydrogen-bond acceptors (Lipinski definition) is 5. The molecule has 146 valence electrons. The first-order valence-corrected chi connectivity index (χ1v) is 9.52. The van der Waals surface area contributed by atoms with Gasteiger partial charge in [0.05, 0.1) is 11.5 Å². The van der Waals surface area contributed by atoms with Crippen LogP contribution in [0.15, 0.2) is 40.9 Å². The first-order valence-electron chi connectivity index (χ1n) is 8.72. The molecule has 0 aliphatic heterocycles. The Balaban J connectivity index is 1.65. The molecule has 1 saturated carbocycles. The normalized spacial score (nSPS) is 12.9. The molecule has 28 heavy (non-hydrogen) atoms. The predicted octanol–water partition coefficient (Wildman–Crippen LogP) is 3.61. The summed E-state index contributed by atoms with van der Waals surface area (Å²) in [4.78, 5) is 35.0. The van der Waals surface area contributed by atoms with Gasteiger partial charge in [-0.1, -0.05) is 15.9 Å². The van der Waals surface area contributed by atoms with Gasteiger partial charge in [0, 0.05) is 27.8 Å². The van der Waals surface area contributed by atoms with Crippen LogP contribution in [0.1, 0.15) is 28.8 Å². The maximum Gasteiger partial charge on any atom is 0.293 e. The van der Waals surface area contributed by atoms with E-state index in [1.54, 1.807) is 6.07 Å². The third-order valence-electron chi connectivity index (χ3n) is 4.25. The zero-order valence-electron chi connectivity index (χ0n) is 15.1. The molecule has 9 heteroatoms. The number of amides is 2. The predicted molar refractivity (Wildman–Crippen MR) is 110 cm³/mol. The summed E-state index contributed by atoms with van der Waals surface area (Å²) >= 11 is 3.39. The van der Waals surface area contributed by atoms with Gasteiger partial charge in [-0.25, -0.2) is 0 Å². The third kappa shape index (κ3) is 5.07. The molecule has 2 amide bonds. The summed E-state index contributed by atoms with van der Waals surface area (Å²) in [7, 11) is 0. The Morgan fingerprint density at radius 1 is 1.21 bits per heavy atom. The molecule has 0 atom stereocenters. The van der Waals surface area contributed by atoms with Crippen LogP contribution in [0.4, 0.5) is 17.1 Å². The fourth-order valence-corrected chi connectivity index (χ4v) is 2.82. The Bertz CT molecular complexity index is 944. The van der Waals surface area contributed by atoms with Gasteiger partial charge in [0.25, 0.3) is 11.6 Å². The molecular weight excluding hydrogens is 428 g/mol. The van der Waals surface area contributed by atoms with Crippen LogP contribution in [0.5, 0.6) is 0 Å². The highest BCUT2D eigenvalue weighted by molar-refractivity contribution is 9.10. The molecule has 1 fully saturated rings. The van der Waals surface area contributed by atoms with Crippen LogP contribution in [-0.2, 0) is 4.79 Å². The Labute approximate surface area is 170 Å². The SMILES string of the molecule is Cc1cc(NC(=O)CNc2ccc(C(=O)NC3CC3)cc2[N+](=O)[O-])ccc1Br. The molecule has 0 radical (unpaired) electrons. The quantitative estimate of drug-likeness (QED) is 0.443. The summed E-state index contributed by atoms with van der Waals surface area (Å²) in [6, 6.07) is 9.72. The van der Waals surface area contributed by atoms with Gasteiger partial charge in [0.1, 0.15) is 5.69 Å². The number of aryl methyl sites for hydroxylation is 1. The van der Waals surface area contributed by atoms with Gasteiger partial charge in [0.2, 0.25) is 5.91 Å². The Hall–Kier alpha value is -2.94. The van der Waals surface area contributed by atoms with Crippen LogP contribution in [0.2, 0.25) is 0 Å². The van der Waals surface area contributed by atoms with Gasteiger partial charge in [-0.2, -0.15) is 0 Å². The van der Waals surface area contributed by atoms with Crippen molar-refractivity contribution in [3.05, 3.63) is 62.1 Å². The molecule has 0 unspecified atom stereocenters. The van der Waals surface area contributed by atoms with Crippen molar-refractivity contribution >= 4 is 44.8 Å².